The highest BCUT2D eigenvalue weighted by molar-refractivity contribution is 7.16. The summed E-state index contributed by atoms with van der Waals surface area (Å²) < 4.78 is 18.6. The Balaban J connectivity index is 1.61. The Hall–Kier alpha value is -2.25. The number of thiophene rings is 1. The van der Waals surface area contributed by atoms with Crippen LogP contribution in [-0.4, -0.2) is 10.9 Å². The zero-order chi connectivity index (χ0) is 17.1. The van der Waals surface area contributed by atoms with Gasteiger partial charge in [0, 0.05) is 16.5 Å². The normalized spacial score (nSPS) is 10.6. The van der Waals surface area contributed by atoms with Crippen LogP contribution in [-0.2, 0) is 6.61 Å². The van der Waals surface area contributed by atoms with Gasteiger partial charge in [-0.2, -0.15) is 0 Å². The summed E-state index contributed by atoms with van der Waals surface area (Å²) in [7, 11) is 0. The van der Waals surface area contributed by atoms with Crippen molar-refractivity contribution < 1.29 is 13.9 Å². The van der Waals surface area contributed by atoms with Crippen molar-refractivity contribution in [2.45, 2.75) is 20.5 Å². The molecule has 0 atom stereocenters. The molecule has 0 aliphatic carbocycles. The van der Waals surface area contributed by atoms with Gasteiger partial charge in [-0.15, -0.1) is 22.7 Å². The molecule has 0 aliphatic rings. The number of hydrogen-bond donors (Lipinski definition) is 1. The van der Waals surface area contributed by atoms with E-state index < -0.39 is 0 Å². The fourth-order valence-corrected chi connectivity index (χ4v) is 3.58. The highest BCUT2D eigenvalue weighted by Gasteiger charge is 2.12. The Morgan fingerprint density at radius 3 is 2.88 bits per heavy atom. The van der Waals surface area contributed by atoms with Crippen molar-refractivity contribution in [2.75, 3.05) is 5.32 Å². The number of aryl methyl sites for hydroxylation is 2. The molecule has 1 amide bonds. The molecule has 3 rings (SSSR count). The number of aromatic nitrogens is 1. The van der Waals surface area contributed by atoms with Gasteiger partial charge in [0.2, 0.25) is 0 Å². The zero-order valence-corrected chi connectivity index (χ0v) is 14.8. The minimum absolute atomic E-state index is 0.189. The summed E-state index contributed by atoms with van der Waals surface area (Å²) in [4.78, 5) is 18.2. The summed E-state index contributed by atoms with van der Waals surface area (Å²) >= 11 is 2.79. The Kier molecular flexibility index (Phi) is 4.92. The average Bonchev–Trinajstić information content (AvgIpc) is 3.13. The highest BCUT2D eigenvalue weighted by Crippen LogP contribution is 2.23. The molecule has 0 bridgehead atoms. The SMILES string of the molecule is Cc1nc(NC(=O)c2cc(COc3cccc(F)c3)cs2)sc1C. The molecule has 124 valence electrons. The standard InChI is InChI=1S/C17H15FN2O2S2/c1-10-11(2)24-17(19-10)20-16(21)15-6-12(9-23-15)8-22-14-5-3-4-13(18)7-14/h3-7,9H,8H2,1-2H3,(H,19,20,21). The summed E-state index contributed by atoms with van der Waals surface area (Å²) in [6.07, 6.45) is 0. The van der Waals surface area contributed by atoms with Crippen molar-refractivity contribution in [3.05, 3.63) is 62.5 Å². The summed E-state index contributed by atoms with van der Waals surface area (Å²) in [6, 6.07) is 7.74. The first-order valence-corrected chi connectivity index (χ1v) is 8.92. The lowest BCUT2D eigenvalue weighted by molar-refractivity contribution is 0.103. The predicted molar refractivity (Wildman–Crippen MR) is 94.6 cm³/mol. The third-order valence-electron chi connectivity index (χ3n) is 3.33. The monoisotopic (exact) mass is 362 g/mol. The summed E-state index contributed by atoms with van der Waals surface area (Å²) in [5, 5.41) is 5.25. The second-order valence-corrected chi connectivity index (χ2v) is 7.29. The minimum Gasteiger partial charge on any atom is -0.489 e. The van der Waals surface area contributed by atoms with Gasteiger partial charge in [-0.05, 0) is 37.4 Å². The summed E-state index contributed by atoms with van der Waals surface area (Å²) in [5.41, 5.74) is 1.78. The van der Waals surface area contributed by atoms with Gasteiger partial charge < -0.3 is 4.74 Å². The van der Waals surface area contributed by atoms with Crippen LogP contribution in [0.3, 0.4) is 0 Å². The van der Waals surface area contributed by atoms with E-state index in [0.29, 0.717) is 15.8 Å². The fraction of sp³-hybridized carbons (Fsp3) is 0.176. The lowest BCUT2D eigenvalue weighted by atomic mass is 10.3. The Labute approximate surface area is 146 Å². The highest BCUT2D eigenvalue weighted by atomic mass is 32.1. The van der Waals surface area contributed by atoms with Crippen LogP contribution in [0.1, 0.15) is 25.8 Å². The smallest absolute Gasteiger partial charge is 0.267 e. The average molecular weight is 362 g/mol. The van der Waals surface area contributed by atoms with Crippen molar-refractivity contribution in [1.82, 2.24) is 4.98 Å². The first-order valence-electron chi connectivity index (χ1n) is 7.22. The van der Waals surface area contributed by atoms with E-state index in [4.69, 9.17) is 4.74 Å². The van der Waals surface area contributed by atoms with Gasteiger partial charge in [0.25, 0.3) is 5.91 Å². The van der Waals surface area contributed by atoms with E-state index in [1.54, 1.807) is 18.2 Å². The van der Waals surface area contributed by atoms with Crippen LogP contribution < -0.4 is 10.1 Å². The number of halogens is 1. The quantitative estimate of drug-likeness (QED) is 0.710. The topological polar surface area (TPSA) is 51.2 Å². The molecule has 0 saturated carbocycles. The number of carbonyl (C=O) groups excluding carboxylic acids is 1. The predicted octanol–water partition coefficient (Wildman–Crippen LogP) is 4.79. The van der Waals surface area contributed by atoms with Gasteiger partial charge >= 0.3 is 0 Å². The third-order valence-corrected chi connectivity index (χ3v) is 5.29. The number of hydrogen-bond acceptors (Lipinski definition) is 5. The molecular formula is C17H15FN2O2S2. The van der Waals surface area contributed by atoms with Crippen LogP contribution in [0.25, 0.3) is 0 Å². The molecule has 1 N–H and O–H groups in total. The first kappa shape index (κ1) is 16.6. The van der Waals surface area contributed by atoms with Crippen LogP contribution in [0.2, 0.25) is 0 Å². The number of thiazole rings is 1. The maximum atomic E-state index is 13.1. The number of anilines is 1. The Bertz CT molecular complexity index is 854. The van der Waals surface area contributed by atoms with Crippen molar-refractivity contribution in [3.8, 4) is 5.75 Å². The molecule has 24 heavy (non-hydrogen) atoms. The van der Waals surface area contributed by atoms with Crippen molar-refractivity contribution in [1.29, 1.82) is 0 Å². The maximum Gasteiger partial charge on any atom is 0.267 e. The molecule has 2 heterocycles. The van der Waals surface area contributed by atoms with Crippen molar-refractivity contribution in [3.63, 3.8) is 0 Å². The summed E-state index contributed by atoms with van der Waals surface area (Å²) in [5.74, 6) is -0.0707. The molecule has 0 saturated heterocycles. The van der Waals surface area contributed by atoms with E-state index in [9.17, 15) is 9.18 Å². The molecule has 1 aromatic carbocycles. The molecule has 0 radical (unpaired) electrons. The molecule has 7 heteroatoms. The van der Waals surface area contributed by atoms with E-state index in [2.05, 4.69) is 10.3 Å². The van der Waals surface area contributed by atoms with E-state index >= 15 is 0 Å². The van der Waals surface area contributed by atoms with Gasteiger partial charge in [-0.3, -0.25) is 10.1 Å². The second-order valence-electron chi connectivity index (χ2n) is 5.18. The van der Waals surface area contributed by atoms with Crippen LogP contribution >= 0.6 is 22.7 Å². The fourth-order valence-electron chi connectivity index (χ4n) is 1.98. The second kappa shape index (κ2) is 7.11. The number of nitrogens with zero attached hydrogens (tertiary/aromatic N) is 1. The molecule has 2 aromatic heterocycles. The van der Waals surface area contributed by atoms with Crippen LogP contribution in [0, 0.1) is 19.7 Å². The van der Waals surface area contributed by atoms with Crippen molar-refractivity contribution in [2.24, 2.45) is 0 Å². The van der Waals surface area contributed by atoms with E-state index in [-0.39, 0.29) is 18.3 Å². The van der Waals surface area contributed by atoms with Gasteiger partial charge in [0.15, 0.2) is 5.13 Å². The Morgan fingerprint density at radius 1 is 1.33 bits per heavy atom. The molecule has 0 spiro atoms. The zero-order valence-electron chi connectivity index (χ0n) is 13.1. The number of benzene rings is 1. The number of ether oxygens (including phenoxy) is 1. The van der Waals surface area contributed by atoms with Crippen LogP contribution in [0.15, 0.2) is 35.7 Å². The molecule has 4 nitrogen and oxygen atoms in total. The van der Waals surface area contributed by atoms with E-state index in [1.807, 2.05) is 19.2 Å². The molecule has 0 fully saturated rings. The number of nitrogens with one attached hydrogen (secondary N) is 1. The Morgan fingerprint density at radius 2 is 2.17 bits per heavy atom. The molecular weight excluding hydrogens is 347 g/mol. The van der Waals surface area contributed by atoms with Crippen LogP contribution in [0.4, 0.5) is 9.52 Å². The van der Waals surface area contributed by atoms with E-state index in [1.165, 1.54) is 34.8 Å². The third kappa shape index (κ3) is 3.98. The van der Waals surface area contributed by atoms with Gasteiger partial charge in [0.05, 0.1) is 10.6 Å². The van der Waals surface area contributed by atoms with Crippen molar-refractivity contribution >= 4 is 33.7 Å². The largest absolute Gasteiger partial charge is 0.489 e. The number of rotatable bonds is 5. The van der Waals surface area contributed by atoms with Gasteiger partial charge in [-0.25, -0.2) is 9.37 Å². The molecule has 0 aliphatic heterocycles. The molecule has 0 unspecified atom stereocenters. The number of amides is 1. The van der Waals surface area contributed by atoms with Gasteiger partial charge in [0.1, 0.15) is 18.2 Å². The minimum atomic E-state index is -0.341. The maximum absolute atomic E-state index is 13.1. The van der Waals surface area contributed by atoms with Gasteiger partial charge in [-0.1, -0.05) is 6.07 Å². The lowest BCUT2D eigenvalue weighted by Gasteiger charge is -2.04. The summed E-state index contributed by atoms with van der Waals surface area (Å²) in [6.45, 7) is 4.16. The molecule has 3 aromatic rings. The number of carbonyl (C=O) groups is 1. The van der Waals surface area contributed by atoms with E-state index in [0.717, 1.165) is 16.1 Å². The van der Waals surface area contributed by atoms with Crippen LogP contribution in [0.5, 0.6) is 5.75 Å². The lowest BCUT2D eigenvalue weighted by Crippen LogP contribution is -2.09. The first-order chi connectivity index (χ1) is 11.5.